The number of guanidine groups is 1. The lowest BCUT2D eigenvalue weighted by molar-refractivity contribution is 0.313. The molecule has 0 aliphatic rings. The van der Waals surface area contributed by atoms with Gasteiger partial charge in [-0.05, 0) is 18.2 Å². The molecule has 112 valence electrons. The Morgan fingerprint density at radius 2 is 1.80 bits per heavy atom. The Hall–Kier alpha value is -1.13. The van der Waals surface area contributed by atoms with E-state index < -0.39 is 0 Å². The van der Waals surface area contributed by atoms with Gasteiger partial charge in [0.1, 0.15) is 5.75 Å². The van der Waals surface area contributed by atoms with Crippen LogP contribution >= 0.6 is 23.2 Å². The van der Waals surface area contributed by atoms with E-state index in [-0.39, 0.29) is 0 Å². The zero-order valence-corrected chi connectivity index (χ0v) is 13.9. The Labute approximate surface area is 130 Å². The van der Waals surface area contributed by atoms with Gasteiger partial charge in [-0.2, -0.15) is 0 Å². The first-order chi connectivity index (χ1) is 9.41. The number of rotatable bonds is 5. The van der Waals surface area contributed by atoms with Gasteiger partial charge in [-0.15, -0.1) is 0 Å². The third-order valence-corrected chi connectivity index (χ3v) is 3.04. The van der Waals surface area contributed by atoms with Gasteiger partial charge in [0.2, 0.25) is 0 Å². The largest absolute Gasteiger partial charge is 0.492 e. The van der Waals surface area contributed by atoms with Crippen LogP contribution in [-0.4, -0.2) is 57.1 Å². The van der Waals surface area contributed by atoms with Crippen LogP contribution in [0.2, 0.25) is 10.0 Å². The maximum absolute atomic E-state index is 6.03. The van der Waals surface area contributed by atoms with E-state index >= 15 is 0 Å². The van der Waals surface area contributed by atoms with Crippen LogP contribution in [0.25, 0.3) is 0 Å². The maximum atomic E-state index is 6.03. The van der Waals surface area contributed by atoms with Crippen LogP contribution in [0.1, 0.15) is 6.42 Å². The molecule has 0 aliphatic heterocycles. The second-order valence-electron chi connectivity index (χ2n) is 4.75. The molecular formula is C14H21Cl2N3O. The fourth-order valence-electron chi connectivity index (χ4n) is 1.70. The molecule has 1 rings (SSSR count). The van der Waals surface area contributed by atoms with Gasteiger partial charge in [-0.3, -0.25) is 4.99 Å². The minimum Gasteiger partial charge on any atom is -0.492 e. The van der Waals surface area contributed by atoms with E-state index in [1.807, 2.05) is 38.0 Å². The highest BCUT2D eigenvalue weighted by Gasteiger charge is 2.04. The summed E-state index contributed by atoms with van der Waals surface area (Å²) in [5, 5.41) is 1.14. The SMILES string of the molecule is CN(C)C(=NCCCOc1ccc(Cl)cc1Cl)N(C)C. The van der Waals surface area contributed by atoms with Gasteiger partial charge >= 0.3 is 0 Å². The molecule has 0 saturated heterocycles. The van der Waals surface area contributed by atoms with Crippen molar-refractivity contribution in [2.45, 2.75) is 6.42 Å². The molecule has 1 aromatic rings. The first-order valence-electron chi connectivity index (χ1n) is 6.38. The van der Waals surface area contributed by atoms with Crippen molar-refractivity contribution < 1.29 is 4.74 Å². The highest BCUT2D eigenvalue weighted by molar-refractivity contribution is 6.35. The first kappa shape index (κ1) is 16.9. The van der Waals surface area contributed by atoms with E-state index in [1.165, 1.54) is 0 Å². The molecule has 6 heteroatoms. The van der Waals surface area contributed by atoms with E-state index in [0.717, 1.165) is 12.4 Å². The number of halogens is 2. The molecule has 4 nitrogen and oxygen atoms in total. The number of hydrogen-bond donors (Lipinski definition) is 0. The van der Waals surface area contributed by atoms with Crippen LogP contribution in [0.15, 0.2) is 23.2 Å². The Morgan fingerprint density at radius 1 is 1.15 bits per heavy atom. The fraction of sp³-hybridized carbons (Fsp3) is 0.500. The van der Waals surface area contributed by atoms with Crippen LogP contribution in [0, 0.1) is 0 Å². The molecule has 0 heterocycles. The third-order valence-electron chi connectivity index (χ3n) is 2.51. The monoisotopic (exact) mass is 317 g/mol. The molecule has 0 bridgehead atoms. The van der Waals surface area contributed by atoms with E-state index in [2.05, 4.69) is 4.99 Å². The molecule has 0 spiro atoms. The fourth-order valence-corrected chi connectivity index (χ4v) is 2.16. The molecule has 0 fully saturated rings. The standard InChI is InChI=1S/C14H21Cl2N3O/c1-18(2)14(19(3)4)17-8-5-9-20-13-7-6-11(15)10-12(13)16/h6-7,10H,5,8-9H2,1-4H3. The number of nitrogens with zero attached hydrogens (tertiary/aromatic N) is 3. The zero-order valence-electron chi connectivity index (χ0n) is 12.4. The molecular weight excluding hydrogens is 297 g/mol. The summed E-state index contributed by atoms with van der Waals surface area (Å²) in [6.45, 7) is 1.27. The summed E-state index contributed by atoms with van der Waals surface area (Å²) < 4.78 is 5.61. The third kappa shape index (κ3) is 5.47. The number of hydrogen-bond acceptors (Lipinski definition) is 2. The highest BCUT2D eigenvalue weighted by Crippen LogP contribution is 2.27. The van der Waals surface area contributed by atoms with Crippen molar-refractivity contribution in [1.82, 2.24) is 9.80 Å². The molecule has 0 amide bonds. The molecule has 0 radical (unpaired) electrons. The van der Waals surface area contributed by atoms with Crippen LogP contribution in [0.5, 0.6) is 5.75 Å². The van der Waals surface area contributed by atoms with Crippen LogP contribution in [0.3, 0.4) is 0 Å². The van der Waals surface area contributed by atoms with Gasteiger partial charge in [-0.1, -0.05) is 23.2 Å². The molecule has 0 aliphatic carbocycles. The summed E-state index contributed by atoms with van der Waals surface area (Å²) in [7, 11) is 7.90. The van der Waals surface area contributed by atoms with Crippen molar-refractivity contribution in [1.29, 1.82) is 0 Å². The Kier molecular flexibility index (Phi) is 6.96. The van der Waals surface area contributed by atoms with Crippen molar-refractivity contribution in [2.75, 3.05) is 41.3 Å². The van der Waals surface area contributed by atoms with Gasteiger partial charge in [0, 0.05) is 46.2 Å². The number of ether oxygens (including phenoxy) is 1. The predicted octanol–water partition coefficient (Wildman–Crippen LogP) is 3.24. The Morgan fingerprint density at radius 3 is 2.35 bits per heavy atom. The van der Waals surface area contributed by atoms with Crippen molar-refractivity contribution in [2.24, 2.45) is 4.99 Å². The average Bonchev–Trinajstić information content (AvgIpc) is 2.34. The van der Waals surface area contributed by atoms with Crippen LogP contribution in [0.4, 0.5) is 0 Å². The van der Waals surface area contributed by atoms with E-state index in [4.69, 9.17) is 27.9 Å². The lowest BCUT2D eigenvalue weighted by Gasteiger charge is -2.22. The second kappa shape index (κ2) is 8.22. The van der Waals surface area contributed by atoms with Crippen molar-refractivity contribution in [3.05, 3.63) is 28.2 Å². The second-order valence-corrected chi connectivity index (χ2v) is 5.59. The van der Waals surface area contributed by atoms with Crippen molar-refractivity contribution in [3.63, 3.8) is 0 Å². The minimum atomic E-state index is 0.531. The van der Waals surface area contributed by atoms with Gasteiger partial charge in [0.25, 0.3) is 0 Å². The average molecular weight is 318 g/mol. The molecule has 0 saturated carbocycles. The molecule has 0 unspecified atom stereocenters. The number of benzene rings is 1. The minimum absolute atomic E-state index is 0.531. The number of aliphatic imine (C=N–C) groups is 1. The normalized spacial score (nSPS) is 10.1. The van der Waals surface area contributed by atoms with Crippen LogP contribution in [-0.2, 0) is 0 Å². The Balaban J connectivity index is 2.40. The predicted molar refractivity (Wildman–Crippen MR) is 86.3 cm³/mol. The summed E-state index contributed by atoms with van der Waals surface area (Å²) in [6, 6.07) is 5.21. The van der Waals surface area contributed by atoms with Gasteiger partial charge in [0.05, 0.1) is 11.6 Å². The van der Waals surface area contributed by atoms with Gasteiger partial charge < -0.3 is 14.5 Å². The lowest BCUT2D eigenvalue weighted by Crippen LogP contribution is -2.35. The summed E-state index contributed by atoms with van der Waals surface area (Å²) in [6.07, 6.45) is 0.824. The first-order valence-corrected chi connectivity index (χ1v) is 7.14. The van der Waals surface area contributed by atoms with Gasteiger partial charge in [0.15, 0.2) is 5.96 Å². The summed E-state index contributed by atoms with van der Waals surface area (Å²) >= 11 is 11.9. The molecule has 20 heavy (non-hydrogen) atoms. The lowest BCUT2D eigenvalue weighted by atomic mass is 10.3. The molecule has 0 N–H and O–H groups in total. The smallest absolute Gasteiger partial charge is 0.195 e. The quantitative estimate of drug-likeness (QED) is 0.474. The summed E-state index contributed by atoms with van der Waals surface area (Å²) in [5.74, 6) is 1.59. The van der Waals surface area contributed by atoms with Crippen molar-refractivity contribution >= 4 is 29.2 Å². The van der Waals surface area contributed by atoms with Crippen LogP contribution < -0.4 is 4.74 Å². The maximum Gasteiger partial charge on any atom is 0.195 e. The van der Waals surface area contributed by atoms with Crippen molar-refractivity contribution in [3.8, 4) is 5.75 Å². The molecule has 0 aromatic heterocycles. The Bertz CT molecular complexity index is 452. The molecule has 0 atom stereocenters. The van der Waals surface area contributed by atoms with Gasteiger partial charge in [-0.25, -0.2) is 0 Å². The zero-order chi connectivity index (χ0) is 15.1. The topological polar surface area (TPSA) is 28.1 Å². The van der Waals surface area contributed by atoms with E-state index in [0.29, 0.717) is 28.9 Å². The highest BCUT2D eigenvalue weighted by atomic mass is 35.5. The summed E-state index contributed by atoms with van der Waals surface area (Å²) in [5.41, 5.74) is 0. The van der Waals surface area contributed by atoms with E-state index in [1.54, 1.807) is 18.2 Å². The molecule has 1 aromatic carbocycles. The van der Waals surface area contributed by atoms with E-state index in [9.17, 15) is 0 Å². The summed E-state index contributed by atoms with van der Waals surface area (Å²) in [4.78, 5) is 8.49.